The van der Waals surface area contributed by atoms with Crippen molar-refractivity contribution in [2.75, 3.05) is 18.6 Å². The van der Waals surface area contributed by atoms with Gasteiger partial charge in [-0.25, -0.2) is 15.8 Å². The number of imidazole rings is 1. The molecule has 1 aromatic carbocycles. The van der Waals surface area contributed by atoms with Crippen LogP contribution in [0.25, 0.3) is 11.2 Å². The first-order valence-corrected chi connectivity index (χ1v) is 9.70. The van der Waals surface area contributed by atoms with Crippen molar-refractivity contribution in [3.8, 4) is 0 Å². The number of allylic oxidation sites excluding steroid dienone is 1. The standard InChI is InChI=1S/C17H20N6S.C2H6/c1-12(11-22(2)18)15-10-20-17-16(19-7-8-23(15)17)21-13-5-4-6-14(9-13)24-3;1-2/h4-11H,18H2,1-3H3,(H,19,21);1-2H3/b12-11+;. The summed E-state index contributed by atoms with van der Waals surface area (Å²) in [7, 11) is 1.79. The minimum Gasteiger partial charge on any atom is -0.337 e. The van der Waals surface area contributed by atoms with Crippen LogP contribution in [0.1, 0.15) is 26.5 Å². The van der Waals surface area contributed by atoms with Crippen LogP contribution in [0.5, 0.6) is 0 Å². The molecule has 3 rings (SSSR count). The van der Waals surface area contributed by atoms with E-state index in [1.54, 1.807) is 25.0 Å². The third-order valence-corrected chi connectivity index (χ3v) is 4.29. The minimum atomic E-state index is 0.718. The summed E-state index contributed by atoms with van der Waals surface area (Å²) >= 11 is 1.71. The van der Waals surface area contributed by atoms with E-state index < -0.39 is 0 Å². The molecule has 6 nitrogen and oxygen atoms in total. The highest BCUT2D eigenvalue weighted by Crippen LogP contribution is 2.25. The van der Waals surface area contributed by atoms with Crippen LogP contribution < -0.4 is 11.2 Å². The zero-order chi connectivity index (χ0) is 19.1. The van der Waals surface area contributed by atoms with Gasteiger partial charge in [0.1, 0.15) is 0 Å². The lowest BCUT2D eigenvalue weighted by molar-refractivity contribution is 0.486. The molecular weight excluding hydrogens is 344 g/mol. The minimum absolute atomic E-state index is 0.718. The molecule has 7 heteroatoms. The lowest BCUT2D eigenvalue weighted by atomic mass is 10.2. The molecule has 0 amide bonds. The molecule has 2 aromatic heterocycles. The summed E-state index contributed by atoms with van der Waals surface area (Å²) in [5.41, 5.74) is 3.76. The second kappa shape index (κ2) is 9.26. The third-order valence-electron chi connectivity index (χ3n) is 3.56. The van der Waals surface area contributed by atoms with Crippen LogP contribution in [0, 0.1) is 0 Å². The van der Waals surface area contributed by atoms with Gasteiger partial charge in [-0.1, -0.05) is 19.9 Å². The van der Waals surface area contributed by atoms with E-state index >= 15 is 0 Å². The molecule has 0 spiro atoms. The summed E-state index contributed by atoms with van der Waals surface area (Å²) in [6.07, 6.45) is 9.41. The van der Waals surface area contributed by atoms with Gasteiger partial charge in [0.05, 0.1) is 11.9 Å². The van der Waals surface area contributed by atoms with Crippen molar-refractivity contribution >= 4 is 34.5 Å². The fraction of sp³-hybridized carbons (Fsp3) is 0.263. The number of fused-ring (bicyclic) bond motifs is 1. The number of rotatable bonds is 5. The summed E-state index contributed by atoms with van der Waals surface area (Å²) in [6.45, 7) is 6.00. The van der Waals surface area contributed by atoms with Crippen LogP contribution in [0.4, 0.5) is 11.5 Å². The molecule has 0 unspecified atom stereocenters. The van der Waals surface area contributed by atoms with Crippen LogP contribution in [0.15, 0.2) is 54.0 Å². The Hall–Kier alpha value is -2.51. The van der Waals surface area contributed by atoms with E-state index in [9.17, 15) is 0 Å². The Morgan fingerprint density at radius 2 is 2.08 bits per heavy atom. The van der Waals surface area contributed by atoms with Crippen molar-refractivity contribution in [2.45, 2.75) is 25.7 Å². The molecule has 0 aliphatic heterocycles. The highest BCUT2D eigenvalue weighted by atomic mass is 32.2. The van der Waals surface area contributed by atoms with Crippen molar-refractivity contribution in [3.05, 3.63) is 54.7 Å². The molecule has 0 saturated carbocycles. The van der Waals surface area contributed by atoms with Gasteiger partial charge in [-0.15, -0.1) is 11.8 Å². The number of anilines is 2. The number of benzene rings is 1. The number of hydrogen-bond acceptors (Lipinski definition) is 6. The Kier molecular flexibility index (Phi) is 7.06. The average Bonchev–Trinajstić information content (AvgIpc) is 3.08. The smallest absolute Gasteiger partial charge is 0.180 e. The highest BCUT2D eigenvalue weighted by molar-refractivity contribution is 7.98. The number of thioether (sulfide) groups is 1. The van der Waals surface area contributed by atoms with Gasteiger partial charge in [0.25, 0.3) is 0 Å². The van der Waals surface area contributed by atoms with E-state index in [0.29, 0.717) is 0 Å². The Morgan fingerprint density at radius 3 is 2.77 bits per heavy atom. The van der Waals surface area contributed by atoms with Crippen LogP contribution >= 0.6 is 11.8 Å². The van der Waals surface area contributed by atoms with Crippen LogP contribution in [-0.2, 0) is 0 Å². The number of nitrogens with zero attached hydrogens (tertiary/aromatic N) is 4. The predicted molar refractivity (Wildman–Crippen MR) is 111 cm³/mol. The number of hydrogen-bond donors (Lipinski definition) is 2. The van der Waals surface area contributed by atoms with Gasteiger partial charge in [0.2, 0.25) is 0 Å². The van der Waals surface area contributed by atoms with E-state index in [-0.39, 0.29) is 0 Å². The topological polar surface area (TPSA) is 71.5 Å². The van der Waals surface area contributed by atoms with E-state index in [4.69, 9.17) is 5.84 Å². The largest absolute Gasteiger partial charge is 0.337 e. The summed E-state index contributed by atoms with van der Waals surface area (Å²) < 4.78 is 2.00. The van der Waals surface area contributed by atoms with Crippen molar-refractivity contribution in [1.82, 2.24) is 19.4 Å². The highest BCUT2D eigenvalue weighted by Gasteiger charge is 2.10. The zero-order valence-corrected chi connectivity index (χ0v) is 16.7. The first kappa shape index (κ1) is 19.8. The molecule has 3 N–H and O–H groups in total. The van der Waals surface area contributed by atoms with Crippen LogP contribution in [-0.4, -0.2) is 32.7 Å². The molecule has 0 aliphatic carbocycles. The van der Waals surface area contributed by atoms with E-state index in [1.807, 2.05) is 55.9 Å². The van der Waals surface area contributed by atoms with Crippen LogP contribution in [0.2, 0.25) is 0 Å². The first-order chi connectivity index (χ1) is 12.6. The average molecular weight is 371 g/mol. The fourth-order valence-corrected chi connectivity index (χ4v) is 2.97. The molecule has 0 radical (unpaired) electrons. The summed E-state index contributed by atoms with van der Waals surface area (Å²) in [5, 5.41) is 4.88. The Morgan fingerprint density at radius 1 is 1.31 bits per heavy atom. The summed E-state index contributed by atoms with van der Waals surface area (Å²) in [4.78, 5) is 10.1. The molecule has 0 aliphatic rings. The third kappa shape index (κ3) is 4.56. The number of aromatic nitrogens is 3. The molecule has 0 saturated heterocycles. The van der Waals surface area contributed by atoms with Gasteiger partial charge in [-0.3, -0.25) is 4.40 Å². The zero-order valence-electron chi connectivity index (χ0n) is 15.9. The molecule has 0 fully saturated rings. The maximum atomic E-state index is 5.70. The van der Waals surface area contributed by atoms with Crippen LogP contribution in [0.3, 0.4) is 0 Å². The first-order valence-electron chi connectivity index (χ1n) is 8.48. The maximum Gasteiger partial charge on any atom is 0.180 e. The predicted octanol–water partition coefficient (Wildman–Crippen LogP) is 4.39. The van der Waals surface area contributed by atoms with Crippen molar-refractivity contribution in [2.24, 2.45) is 5.84 Å². The fourth-order valence-electron chi connectivity index (χ4n) is 2.51. The quantitative estimate of drug-likeness (QED) is 0.394. The second-order valence-electron chi connectivity index (χ2n) is 5.45. The second-order valence-corrected chi connectivity index (χ2v) is 6.33. The molecule has 2 heterocycles. The molecule has 0 atom stereocenters. The Bertz CT molecular complexity index is 885. The number of hydrazine groups is 1. The van der Waals surface area contributed by atoms with Gasteiger partial charge < -0.3 is 10.3 Å². The Balaban J connectivity index is 0.00000117. The number of nitrogens with one attached hydrogen (secondary N) is 1. The lowest BCUT2D eigenvalue weighted by Crippen LogP contribution is -2.19. The number of nitrogens with two attached hydrogens (primary N) is 1. The van der Waals surface area contributed by atoms with Gasteiger partial charge in [-0.05, 0) is 37.0 Å². The lowest BCUT2D eigenvalue weighted by Gasteiger charge is -2.10. The van der Waals surface area contributed by atoms with Crippen molar-refractivity contribution in [3.63, 3.8) is 0 Å². The van der Waals surface area contributed by atoms with Gasteiger partial charge >= 0.3 is 0 Å². The van der Waals surface area contributed by atoms with Crippen molar-refractivity contribution in [1.29, 1.82) is 0 Å². The summed E-state index contributed by atoms with van der Waals surface area (Å²) in [5.74, 6) is 6.42. The molecule has 3 aromatic rings. The molecular formula is C19H26N6S. The molecule has 0 bridgehead atoms. The van der Waals surface area contributed by atoms with Gasteiger partial charge in [0.15, 0.2) is 11.5 Å². The van der Waals surface area contributed by atoms with Gasteiger partial charge in [-0.2, -0.15) is 0 Å². The Labute approximate surface area is 159 Å². The monoisotopic (exact) mass is 370 g/mol. The summed E-state index contributed by atoms with van der Waals surface area (Å²) in [6, 6.07) is 8.21. The van der Waals surface area contributed by atoms with E-state index in [0.717, 1.165) is 28.4 Å². The molecule has 26 heavy (non-hydrogen) atoms. The van der Waals surface area contributed by atoms with Crippen molar-refractivity contribution < 1.29 is 0 Å². The maximum absolute atomic E-state index is 5.70. The molecule has 138 valence electrons. The van der Waals surface area contributed by atoms with Gasteiger partial charge in [0, 0.05) is 36.2 Å². The van der Waals surface area contributed by atoms with E-state index in [1.165, 1.54) is 9.90 Å². The SMILES string of the molecule is CC.CSc1cccc(Nc2nccn3c(/C(C)=C/N(C)N)cnc23)c1. The normalized spacial score (nSPS) is 11.1. The van der Waals surface area contributed by atoms with E-state index in [2.05, 4.69) is 33.7 Å².